The van der Waals surface area contributed by atoms with Gasteiger partial charge in [0.05, 0.1) is 0 Å². The monoisotopic (exact) mass is 260 g/mol. The molecule has 1 fully saturated rings. The number of halogens is 1. The van der Waals surface area contributed by atoms with Crippen molar-refractivity contribution < 1.29 is 9.59 Å². The third kappa shape index (κ3) is 4.19. The fraction of sp³-hybridized carbons (Fsp3) is 0.833. The van der Waals surface area contributed by atoms with E-state index >= 15 is 0 Å². The Bertz CT molecular complexity index is 274. The van der Waals surface area contributed by atoms with Gasteiger partial charge in [0.2, 0.25) is 11.8 Å². The van der Waals surface area contributed by atoms with Crippen LogP contribution >= 0.6 is 11.6 Å². The summed E-state index contributed by atoms with van der Waals surface area (Å²) < 4.78 is 0. The van der Waals surface area contributed by atoms with Crippen LogP contribution in [0.25, 0.3) is 0 Å². The number of rotatable bonds is 4. The Kier molecular flexibility index (Phi) is 5.75. The summed E-state index contributed by atoms with van der Waals surface area (Å²) in [5, 5.41) is -0.475. The lowest BCUT2D eigenvalue weighted by Crippen LogP contribution is -2.51. The maximum Gasteiger partial charge on any atom is 0.240 e. The first-order valence-corrected chi connectivity index (χ1v) is 6.70. The second-order valence-electron chi connectivity index (χ2n) is 4.43. The molecule has 1 rings (SSSR count). The Morgan fingerprint density at radius 3 is 2.18 bits per heavy atom. The fourth-order valence-electron chi connectivity index (χ4n) is 1.91. The van der Waals surface area contributed by atoms with Crippen LogP contribution in [0.2, 0.25) is 0 Å². The maximum atomic E-state index is 11.8. The number of alkyl halides is 1. The number of piperazine rings is 1. The van der Waals surface area contributed by atoms with Crippen LogP contribution in [-0.4, -0.2) is 53.2 Å². The van der Waals surface area contributed by atoms with Crippen LogP contribution in [0.5, 0.6) is 0 Å². The molecule has 0 aromatic rings. The Labute approximate surface area is 108 Å². The molecule has 0 N–H and O–H groups in total. The predicted molar refractivity (Wildman–Crippen MR) is 68.0 cm³/mol. The zero-order valence-corrected chi connectivity index (χ0v) is 11.4. The molecule has 1 aliphatic heterocycles. The van der Waals surface area contributed by atoms with Crippen molar-refractivity contribution in [2.45, 2.75) is 38.5 Å². The van der Waals surface area contributed by atoms with E-state index in [9.17, 15) is 9.59 Å². The SMILES string of the molecule is CCCCC(=O)N1CCN(C(=O)C(C)Cl)CC1. The number of nitrogens with zero attached hydrogens (tertiary/aromatic N) is 2. The highest BCUT2D eigenvalue weighted by molar-refractivity contribution is 6.30. The van der Waals surface area contributed by atoms with Crippen LogP contribution in [0, 0.1) is 0 Å². The molecule has 0 saturated carbocycles. The molecule has 1 aliphatic rings. The molecule has 0 spiro atoms. The molecule has 1 unspecified atom stereocenters. The Morgan fingerprint density at radius 1 is 1.18 bits per heavy atom. The van der Waals surface area contributed by atoms with Crippen LogP contribution < -0.4 is 0 Å². The van der Waals surface area contributed by atoms with Crippen molar-refractivity contribution in [2.24, 2.45) is 0 Å². The summed E-state index contributed by atoms with van der Waals surface area (Å²) in [5.41, 5.74) is 0. The van der Waals surface area contributed by atoms with Crippen LogP contribution in [0.1, 0.15) is 33.1 Å². The van der Waals surface area contributed by atoms with Gasteiger partial charge in [0.1, 0.15) is 5.38 Å². The van der Waals surface area contributed by atoms with Gasteiger partial charge in [-0.25, -0.2) is 0 Å². The zero-order valence-electron chi connectivity index (χ0n) is 10.6. The van der Waals surface area contributed by atoms with Crippen molar-refractivity contribution in [3.05, 3.63) is 0 Å². The van der Waals surface area contributed by atoms with Crippen molar-refractivity contribution in [2.75, 3.05) is 26.2 Å². The van der Waals surface area contributed by atoms with E-state index in [1.165, 1.54) is 0 Å². The summed E-state index contributed by atoms with van der Waals surface area (Å²) in [6.07, 6.45) is 2.60. The van der Waals surface area contributed by atoms with Crippen LogP contribution in [0.4, 0.5) is 0 Å². The van der Waals surface area contributed by atoms with Gasteiger partial charge in [-0.1, -0.05) is 13.3 Å². The molecular weight excluding hydrogens is 240 g/mol. The van der Waals surface area contributed by atoms with Crippen LogP contribution in [0.3, 0.4) is 0 Å². The van der Waals surface area contributed by atoms with E-state index in [1.54, 1.807) is 11.8 Å². The summed E-state index contributed by atoms with van der Waals surface area (Å²) in [5.74, 6) is 0.171. The van der Waals surface area contributed by atoms with Crippen molar-refractivity contribution in [3.63, 3.8) is 0 Å². The minimum Gasteiger partial charge on any atom is -0.339 e. The molecule has 0 aliphatic carbocycles. The Balaban J connectivity index is 2.35. The first-order chi connectivity index (χ1) is 8.06. The summed E-state index contributed by atoms with van der Waals surface area (Å²) in [6, 6.07) is 0. The first-order valence-electron chi connectivity index (χ1n) is 6.27. The lowest BCUT2D eigenvalue weighted by Gasteiger charge is -2.35. The smallest absolute Gasteiger partial charge is 0.240 e. The molecule has 1 heterocycles. The standard InChI is InChI=1S/C12H21ClN2O2/c1-3-4-5-11(16)14-6-8-15(9-7-14)12(17)10(2)13/h10H,3-9H2,1-2H3. The molecule has 4 nitrogen and oxygen atoms in total. The Hall–Kier alpha value is -0.770. The molecular formula is C12H21ClN2O2. The van der Waals surface area contributed by atoms with Gasteiger partial charge < -0.3 is 9.80 Å². The summed E-state index contributed by atoms with van der Waals surface area (Å²) >= 11 is 5.76. The van der Waals surface area contributed by atoms with Crippen molar-refractivity contribution in [3.8, 4) is 0 Å². The topological polar surface area (TPSA) is 40.6 Å². The lowest BCUT2D eigenvalue weighted by atomic mass is 10.2. The largest absolute Gasteiger partial charge is 0.339 e. The van der Waals surface area contributed by atoms with Gasteiger partial charge in [0, 0.05) is 32.6 Å². The number of unbranched alkanes of at least 4 members (excludes halogenated alkanes) is 1. The summed E-state index contributed by atoms with van der Waals surface area (Å²) in [6.45, 7) is 6.24. The molecule has 5 heteroatoms. The van der Waals surface area contributed by atoms with Gasteiger partial charge in [-0.05, 0) is 13.3 Å². The van der Waals surface area contributed by atoms with Crippen LogP contribution in [0.15, 0.2) is 0 Å². The minimum absolute atomic E-state index is 0.0349. The highest BCUT2D eigenvalue weighted by Gasteiger charge is 2.25. The highest BCUT2D eigenvalue weighted by Crippen LogP contribution is 2.09. The average molecular weight is 261 g/mol. The van der Waals surface area contributed by atoms with Gasteiger partial charge in [0.25, 0.3) is 0 Å². The van der Waals surface area contributed by atoms with Gasteiger partial charge in [-0.2, -0.15) is 0 Å². The van der Waals surface area contributed by atoms with E-state index in [1.807, 2.05) is 4.90 Å². The average Bonchev–Trinajstić information content (AvgIpc) is 2.35. The molecule has 0 aromatic heterocycles. The molecule has 0 radical (unpaired) electrons. The van der Waals surface area contributed by atoms with E-state index in [2.05, 4.69) is 6.92 Å². The number of carbonyl (C=O) groups is 2. The molecule has 17 heavy (non-hydrogen) atoms. The maximum absolute atomic E-state index is 11.8. The van der Waals surface area contributed by atoms with Crippen molar-refractivity contribution in [1.29, 1.82) is 0 Å². The van der Waals surface area contributed by atoms with E-state index in [-0.39, 0.29) is 11.8 Å². The van der Waals surface area contributed by atoms with Gasteiger partial charge >= 0.3 is 0 Å². The number of amides is 2. The van der Waals surface area contributed by atoms with E-state index in [0.717, 1.165) is 12.8 Å². The molecule has 1 saturated heterocycles. The fourth-order valence-corrected chi connectivity index (χ4v) is 2.05. The van der Waals surface area contributed by atoms with Crippen molar-refractivity contribution in [1.82, 2.24) is 9.80 Å². The Morgan fingerprint density at radius 2 is 1.71 bits per heavy atom. The summed E-state index contributed by atoms with van der Waals surface area (Å²) in [7, 11) is 0. The third-order valence-electron chi connectivity index (χ3n) is 3.03. The normalized spacial score (nSPS) is 18.1. The number of carbonyl (C=O) groups excluding carboxylic acids is 2. The quantitative estimate of drug-likeness (QED) is 0.719. The third-order valence-corrected chi connectivity index (χ3v) is 3.22. The molecule has 98 valence electrons. The minimum atomic E-state index is -0.475. The highest BCUT2D eigenvalue weighted by atomic mass is 35.5. The molecule has 0 aromatic carbocycles. The lowest BCUT2D eigenvalue weighted by molar-refractivity contribution is -0.139. The van der Waals surface area contributed by atoms with Crippen molar-refractivity contribution >= 4 is 23.4 Å². The second kappa shape index (κ2) is 6.84. The molecule has 1 atom stereocenters. The van der Waals surface area contributed by atoms with E-state index in [0.29, 0.717) is 32.6 Å². The van der Waals surface area contributed by atoms with Gasteiger partial charge in [0.15, 0.2) is 0 Å². The second-order valence-corrected chi connectivity index (χ2v) is 5.08. The number of hydrogen-bond acceptors (Lipinski definition) is 2. The first kappa shape index (κ1) is 14.3. The molecule has 2 amide bonds. The zero-order chi connectivity index (χ0) is 12.8. The predicted octanol–water partition coefficient (Wildman–Crippen LogP) is 1.47. The number of hydrogen-bond donors (Lipinski definition) is 0. The van der Waals surface area contributed by atoms with Crippen LogP contribution in [-0.2, 0) is 9.59 Å². The van der Waals surface area contributed by atoms with Gasteiger partial charge in [-0.15, -0.1) is 11.6 Å². The summed E-state index contributed by atoms with van der Waals surface area (Å²) in [4.78, 5) is 27.0. The van der Waals surface area contributed by atoms with E-state index < -0.39 is 5.38 Å². The van der Waals surface area contributed by atoms with Gasteiger partial charge in [-0.3, -0.25) is 9.59 Å². The van der Waals surface area contributed by atoms with E-state index in [4.69, 9.17) is 11.6 Å². The molecule has 0 bridgehead atoms.